The van der Waals surface area contributed by atoms with Gasteiger partial charge in [-0.15, -0.1) is 0 Å². The Labute approximate surface area is 93.7 Å². The fourth-order valence-electron chi connectivity index (χ4n) is 1.46. The maximum Gasteiger partial charge on any atom is 0.408 e. The van der Waals surface area contributed by atoms with Gasteiger partial charge in [0.25, 0.3) is 5.92 Å². The van der Waals surface area contributed by atoms with Gasteiger partial charge in [-0.2, -0.15) is 0 Å². The molecule has 1 aliphatic heterocycles. The molecule has 1 atom stereocenters. The van der Waals surface area contributed by atoms with Gasteiger partial charge in [-0.25, -0.2) is 13.6 Å². The van der Waals surface area contributed by atoms with Gasteiger partial charge in [-0.3, -0.25) is 0 Å². The zero-order chi connectivity index (χ0) is 12.4. The molecule has 0 radical (unpaired) electrons. The smallest absolute Gasteiger partial charge is 0.408 e. The number of amides is 1. The molecule has 0 aromatic heterocycles. The SMILES string of the molecule is CC(C)(C)OC(=O)N[C@H]1CCNCC1(F)F. The van der Waals surface area contributed by atoms with Crippen molar-refractivity contribution in [2.24, 2.45) is 0 Å². The first-order valence-corrected chi connectivity index (χ1v) is 5.29. The van der Waals surface area contributed by atoms with Crippen molar-refractivity contribution >= 4 is 6.09 Å². The van der Waals surface area contributed by atoms with E-state index in [4.69, 9.17) is 4.74 Å². The lowest BCUT2D eigenvalue weighted by Gasteiger charge is -2.32. The second-order valence-corrected chi connectivity index (χ2v) is 4.93. The van der Waals surface area contributed by atoms with Crippen molar-refractivity contribution in [2.75, 3.05) is 13.1 Å². The van der Waals surface area contributed by atoms with Crippen molar-refractivity contribution < 1.29 is 18.3 Å². The Morgan fingerprint density at radius 3 is 2.62 bits per heavy atom. The molecule has 0 aromatic rings. The highest BCUT2D eigenvalue weighted by molar-refractivity contribution is 5.68. The van der Waals surface area contributed by atoms with E-state index in [9.17, 15) is 13.6 Å². The van der Waals surface area contributed by atoms with Gasteiger partial charge >= 0.3 is 6.09 Å². The summed E-state index contributed by atoms with van der Waals surface area (Å²) < 4.78 is 31.6. The third-order valence-electron chi connectivity index (χ3n) is 2.17. The van der Waals surface area contributed by atoms with Gasteiger partial charge in [-0.05, 0) is 33.7 Å². The number of rotatable bonds is 1. The maximum atomic E-state index is 13.3. The summed E-state index contributed by atoms with van der Waals surface area (Å²) in [5.41, 5.74) is -0.674. The summed E-state index contributed by atoms with van der Waals surface area (Å²) in [6, 6.07) is -1.15. The topological polar surface area (TPSA) is 50.4 Å². The van der Waals surface area contributed by atoms with Gasteiger partial charge < -0.3 is 15.4 Å². The number of alkyl halides is 2. The highest BCUT2D eigenvalue weighted by Gasteiger charge is 2.42. The molecule has 1 aliphatic rings. The highest BCUT2D eigenvalue weighted by Crippen LogP contribution is 2.23. The second-order valence-electron chi connectivity index (χ2n) is 4.93. The van der Waals surface area contributed by atoms with Gasteiger partial charge in [0.1, 0.15) is 5.60 Å². The molecule has 6 heteroatoms. The zero-order valence-corrected chi connectivity index (χ0v) is 9.77. The average molecular weight is 236 g/mol. The summed E-state index contributed by atoms with van der Waals surface area (Å²) in [4.78, 5) is 11.3. The van der Waals surface area contributed by atoms with Crippen LogP contribution in [0.1, 0.15) is 27.2 Å². The fourth-order valence-corrected chi connectivity index (χ4v) is 1.46. The van der Waals surface area contributed by atoms with E-state index in [0.717, 1.165) is 0 Å². The maximum absolute atomic E-state index is 13.3. The molecular formula is C10H18F2N2O2. The van der Waals surface area contributed by atoms with E-state index < -0.39 is 30.2 Å². The minimum Gasteiger partial charge on any atom is -0.444 e. The minimum absolute atomic E-state index is 0.201. The van der Waals surface area contributed by atoms with Crippen LogP contribution >= 0.6 is 0 Å². The van der Waals surface area contributed by atoms with Crippen LogP contribution in [-0.4, -0.2) is 36.7 Å². The molecule has 16 heavy (non-hydrogen) atoms. The van der Waals surface area contributed by atoms with Crippen molar-refractivity contribution in [1.82, 2.24) is 10.6 Å². The summed E-state index contributed by atoms with van der Waals surface area (Å²) in [6.07, 6.45) is -0.592. The first kappa shape index (κ1) is 13.2. The Hall–Kier alpha value is -0.910. The predicted octanol–water partition coefficient (Wildman–Crippen LogP) is 1.51. The van der Waals surface area contributed by atoms with E-state index in [0.29, 0.717) is 6.54 Å². The lowest BCUT2D eigenvalue weighted by atomic mass is 10.0. The molecule has 0 spiro atoms. The Balaban J connectivity index is 2.49. The van der Waals surface area contributed by atoms with Crippen LogP contribution in [0, 0.1) is 0 Å². The van der Waals surface area contributed by atoms with Gasteiger partial charge in [0.15, 0.2) is 0 Å². The molecule has 1 rings (SSSR count). The standard InChI is InChI=1S/C10H18F2N2O2/c1-9(2,3)16-8(15)14-7-4-5-13-6-10(7,11)12/h7,13H,4-6H2,1-3H3,(H,14,15)/t7-/m0/s1. The van der Waals surface area contributed by atoms with Crippen LogP contribution in [0.15, 0.2) is 0 Å². The van der Waals surface area contributed by atoms with Crippen molar-refractivity contribution in [2.45, 2.75) is 44.8 Å². The van der Waals surface area contributed by atoms with Crippen LogP contribution in [0.5, 0.6) is 0 Å². The quantitative estimate of drug-likeness (QED) is 0.725. The van der Waals surface area contributed by atoms with Crippen LogP contribution in [0.4, 0.5) is 13.6 Å². The summed E-state index contributed by atoms with van der Waals surface area (Å²) in [6.45, 7) is 5.12. The van der Waals surface area contributed by atoms with Crippen molar-refractivity contribution in [1.29, 1.82) is 0 Å². The number of carbonyl (C=O) groups is 1. The third kappa shape index (κ3) is 3.92. The number of hydrogen-bond donors (Lipinski definition) is 2. The molecule has 0 aliphatic carbocycles. The lowest BCUT2D eigenvalue weighted by molar-refractivity contribution is -0.0537. The van der Waals surface area contributed by atoms with Crippen molar-refractivity contribution in [3.63, 3.8) is 0 Å². The van der Waals surface area contributed by atoms with Gasteiger partial charge in [0.05, 0.1) is 12.6 Å². The Morgan fingerprint density at radius 1 is 1.50 bits per heavy atom. The summed E-state index contributed by atoms with van der Waals surface area (Å²) in [5.74, 6) is -2.92. The number of halogens is 2. The van der Waals surface area contributed by atoms with E-state index in [2.05, 4.69) is 10.6 Å². The molecule has 94 valence electrons. The number of piperidine rings is 1. The second kappa shape index (κ2) is 4.53. The fraction of sp³-hybridized carbons (Fsp3) is 0.900. The molecule has 0 aromatic carbocycles. The first-order valence-electron chi connectivity index (χ1n) is 5.29. The molecule has 0 bridgehead atoms. The van der Waals surface area contributed by atoms with E-state index in [1.165, 1.54) is 0 Å². The molecule has 1 saturated heterocycles. The van der Waals surface area contributed by atoms with Crippen molar-refractivity contribution in [3.05, 3.63) is 0 Å². The van der Waals surface area contributed by atoms with Crippen molar-refractivity contribution in [3.8, 4) is 0 Å². The van der Waals surface area contributed by atoms with E-state index in [1.54, 1.807) is 20.8 Å². The van der Waals surface area contributed by atoms with Crippen LogP contribution in [0.2, 0.25) is 0 Å². The van der Waals surface area contributed by atoms with E-state index in [1.807, 2.05) is 0 Å². The molecule has 2 N–H and O–H groups in total. The van der Waals surface area contributed by atoms with Gasteiger partial charge in [-0.1, -0.05) is 0 Å². The predicted molar refractivity (Wildman–Crippen MR) is 55.6 cm³/mol. The molecule has 0 unspecified atom stereocenters. The molecule has 0 saturated carbocycles. The third-order valence-corrected chi connectivity index (χ3v) is 2.17. The summed E-state index contributed by atoms with van der Waals surface area (Å²) in [7, 11) is 0. The number of carbonyl (C=O) groups excluding carboxylic acids is 1. The van der Waals surface area contributed by atoms with Crippen LogP contribution in [-0.2, 0) is 4.74 Å². The Bertz CT molecular complexity index is 264. The van der Waals surface area contributed by atoms with E-state index in [-0.39, 0.29) is 6.42 Å². The highest BCUT2D eigenvalue weighted by atomic mass is 19.3. The lowest BCUT2D eigenvalue weighted by Crippen LogP contribution is -2.57. The summed E-state index contributed by atoms with van der Waals surface area (Å²) >= 11 is 0. The largest absolute Gasteiger partial charge is 0.444 e. The number of nitrogens with one attached hydrogen (secondary N) is 2. The minimum atomic E-state index is -2.92. The number of alkyl carbamates (subject to hydrolysis) is 1. The molecule has 1 amide bonds. The molecular weight excluding hydrogens is 218 g/mol. The summed E-state index contributed by atoms with van der Waals surface area (Å²) in [5, 5.41) is 4.80. The monoisotopic (exact) mass is 236 g/mol. The average Bonchev–Trinajstić information content (AvgIpc) is 2.05. The first-order chi connectivity index (χ1) is 7.21. The zero-order valence-electron chi connectivity index (χ0n) is 9.77. The molecule has 4 nitrogen and oxygen atoms in total. The van der Waals surface area contributed by atoms with E-state index >= 15 is 0 Å². The van der Waals surface area contributed by atoms with Crippen LogP contribution in [0.25, 0.3) is 0 Å². The van der Waals surface area contributed by atoms with Crippen LogP contribution < -0.4 is 10.6 Å². The Morgan fingerprint density at radius 2 is 2.12 bits per heavy atom. The normalized spacial score (nSPS) is 24.9. The number of ether oxygens (including phenoxy) is 1. The van der Waals surface area contributed by atoms with Crippen LogP contribution in [0.3, 0.4) is 0 Å². The Kier molecular flexibility index (Phi) is 3.72. The van der Waals surface area contributed by atoms with Gasteiger partial charge in [0.2, 0.25) is 0 Å². The molecule has 1 heterocycles. The number of hydrogen-bond acceptors (Lipinski definition) is 3. The molecule has 1 fully saturated rings. The van der Waals surface area contributed by atoms with Gasteiger partial charge in [0, 0.05) is 0 Å².